The highest BCUT2D eigenvalue weighted by Crippen LogP contribution is 2.40. The largest absolute Gasteiger partial charge is 0.397 e. The van der Waals surface area contributed by atoms with E-state index < -0.39 is 5.41 Å². The Bertz CT molecular complexity index is 528. The molecule has 0 radical (unpaired) electrons. The van der Waals surface area contributed by atoms with Crippen LogP contribution in [0.4, 0.5) is 5.69 Å². The van der Waals surface area contributed by atoms with Crippen LogP contribution in [0.2, 0.25) is 0 Å². The van der Waals surface area contributed by atoms with Crippen LogP contribution in [0.1, 0.15) is 37.8 Å². The number of pyridine rings is 1. The van der Waals surface area contributed by atoms with Crippen LogP contribution >= 0.6 is 0 Å². The summed E-state index contributed by atoms with van der Waals surface area (Å²) in [6, 6.07) is 6.71. The highest BCUT2D eigenvalue weighted by molar-refractivity contribution is 5.38. The first kappa shape index (κ1) is 14.3. The van der Waals surface area contributed by atoms with Crippen LogP contribution in [0.5, 0.6) is 0 Å². The molecule has 1 saturated carbocycles. The summed E-state index contributed by atoms with van der Waals surface area (Å²) in [7, 11) is 0. The van der Waals surface area contributed by atoms with Crippen LogP contribution in [0.25, 0.3) is 0 Å². The molecule has 2 fully saturated rings. The molecule has 0 amide bonds. The van der Waals surface area contributed by atoms with Crippen molar-refractivity contribution in [3.63, 3.8) is 0 Å². The minimum atomic E-state index is -0.470. The van der Waals surface area contributed by atoms with Gasteiger partial charge in [0.05, 0.1) is 35.2 Å². The molecule has 1 atom stereocenters. The Morgan fingerprint density at radius 2 is 2.10 bits per heavy atom. The molecule has 3 N–H and O–H groups in total. The molecule has 1 aromatic rings. The van der Waals surface area contributed by atoms with Gasteiger partial charge >= 0.3 is 0 Å². The molecule has 1 aliphatic carbocycles. The first-order valence-corrected chi connectivity index (χ1v) is 7.68. The van der Waals surface area contributed by atoms with Crippen molar-refractivity contribution >= 4 is 5.69 Å². The maximum atomic E-state index is 9.68. The van der Waals surface area contributed by atoms with E-state index in [9.17, 15) is 10.4 Å². The van der Waals surface area contributed by atoms with E-state index in [0.717, 1.165) is 50.9 Å². The fraction of sp³-hybridized carbons (Fsp3) is 0.625. The van der Waals surface area contributed by atoms with Gasteiger partial charge in [0.2, 0.25) is 0 Å². The predicted molar refractivity (Wildman–Crippen MR) is 80.4 cm³/mol. The molecule has 21 heavy (non-hydrogen) atoms. The lowest BCUT2D eigenvalue weighted by Gasteiger charge is -2.38. The Morgan fingerprint density at radius 1 is 1.33 bits per heavy atom. The van der Waals surface area contributed by atoms with E-state index in [1.54, 1.807) is 6.20 Å². The van der Waals surface area contributed by atoms with Crippen molar-refractivity contribution in [1.82, 2.24) is 9.88 Å². The van der Waals surface area contributed by atoms with Crippen molar-refractivity contribution in [2.24, 2.45) is 0 Å². The highest BCUT2D eigenvalue weighted by atomic mass is 16.3. The van der Waals surface area contributed by atoms with Crippen LogP contribution in [-0.4, -0.2) is 40.2 Å². The molecule has 1 aromatic heterocycles. The van der Waals surface area contributed by atoms with Gasteiger partial charge in [-0.25, -0.2) is 0 Å². The van der Waals surface area contributed by atoms with E-state index in [-0.39, 0.29) is 6.10 Å². The fourth-order valence-corrected chi connectivity index (χ4v) is 3.67. The van der Waals surface area contributed by atoms with E-state index in [4.69, 9.17) is 5.73 Å². The second-order valence-corrected chi connectivity index (χ2v) is 6.34. The SMILES string of the molecule is N#CC1(c2ccc(N)cn2)CCC(N2CCC(O)C2)CC1. The average Bonchev–Trinajstić information content (AvgIpc) is 2.95. The number of nitrogens with zero attached hydrogens (tertiary/aromatic N) is 3. The normalized spacial score (nSPS) is 33.7. The monoisotopic (exact) mass is 286 g/mol. The molecule has 5 heteroatoms. The van der Waals surface area contributed by atoms with Crippen LogP contribution < -0.4 is 5.73 Å². The van der Waals surface area contributed by atoms with E-state index in [1.165, 1.54) is 0 Å². The zero-order valence-corrected chi connectivity index (χ0v) is 12.2. The van der Waals surface area contributed by atoms with E-state index in [1.807, 2.05) is 12.1 Å². The Hall–Kier alpha value is -1.64. The van der Waals surface area contributed by atoms with Crippen molar-refractivity contribution in [3.05, 3.63) is 24.0 Å². The topological polar surface area (TPSA) is 86.2 Å². The third kappa shape index (κ3) is 2.74. The van der Waals surface area contributed by atoms with Gasteiger partial charge < -0.3 is 10.8 Å². The second-order valence-electron chi connectivity index (χ2n) is 6.34. The lowest BCUT2D eigenvalue weighted by Crippen LogP contribution is -2.41. The third-order valence-electron chi connectivity index (χ3n) is 5.01. The number of nitrogen functional groups attached to an aromatic ring is 1. The number of aliphatic hydroxyl groups excluding tert-OH is 1. The van der Waals surface area contributed by atoms with Gasteiger partial charge in [-0.15, -0.1) is 0 Å². The Balaban J connectivity index is 1.70. The van der Waals surface area contributed by atoms with Crippen molar-refractivity contribution in [2.45, 2.75) is 49.7 Å². The first-order chi connectivity index (χ1) is 10.1. The summed E-state index contributed by atoms with van der Waals surface area (Å²) in [4.78, 5) is 6.76. The van der Waals surface area contributed by atoms with Gasteiger partial charge in [-0.05, 0) is 44.2 Å². The van der Waals surface area contributed by atoms with Gasteiger partial charge in [-0.2, -0.15) is 5.26 Å². The van der Waals surface area contributed by atoms with Gasteiger partial charge in [-0.3, -0.25) is 9.88 Å². The maximum absolute atomic E-state index is 9.68. The van der Waals surface area contributed by atoms with Crippen LogP contribution in [0.3, 0.4) is 0 Å². The number of anilines is 1. The summed E-state index contributed by atoms with van der Waals surface area (Å²) in [6.45, 7) is 1.76. The molecule has 0 bridgehead atoms. The zero-order valence-electron chi connectivity index (χ0n) is 12.2. The Labute approximate surface area is 125 Å². The number of nitrogens with two attached hydrogens (primary N) is 1. The average molecular weight is 286 g/mol. The van der Waals surface area contributed by atoms with Crippen molar-refractivity contribution in [1.29, 1.82) is 5.26 Å². The highest BCUT2D eigenvalue weighted by Gasteiger charge is 2.40. The standard InChI is InChI=1S/C16H22N4O/c17-11-16(15-2-1-12(18)9-19-15)6-3-13(4-7-16)20-8-5-14(21)10-20/h1-2,9,13-14,21H,3-8,10,18H2. The molecular formula is C16H22N4O. The lowest BCUT2D eigenvalue weighted by molar-refractivity contribution is 0.130. The zero-order chi connectivity index (χ0) is 14.9. The quantitative estimate of drug-likeness (QED) is 0.859. The molecule has 0 spiro atoms. The summed E-state index contributed by atoms with van der Waals surface area (Å²) >= 11 is 0. The number of β-amino-alcohol motifs (C(OH)–C–C–N with tert-alkyl or cyclic N) is 1. The Morgan fingerprint density at radius 3 is 2.62 bits per heavy atom. The molecule has 2 aliphatic rings. The second kappa shape index (κ2) is 5.63. The molecule has 1 saturated heterocycles. The van der Waals surface area contributed by atoms with Crippen LogP contribution in [-0.2, 0) is 5.41 Å². The van der Waals surface area contributed by atoms with E-state index in [2.05, 4.69) is 16.0 Å². The van der Waals surface area contributed by atoms with Gasteiger partial charge in [0.15, 0.2) is 0 Å². The molecule has 1 aliphatic heterocycles. The predicted octanol–water partition coefficient (Wildman–Crippen LogP) is 1.43. The summed E-state index contributed by atoms with van der Waals surface area (Å²) in [5, 5.41) is 19.4. The number of hydrogen-bond donors (Lipinski definition) is 2. The lowest BCUT2D eigenvalue weighted by atomic mass is 9.71. The maximum Gasteiger partial charge on any atom is 0.0994 e. The van der Waals surface area contributed by atoms with Crippen LogP contribution in [0, 0.1) is 11.3 Å². The smallest absolute Gasteiger partial charge is 0.0994 e. The number of aliphatic hydroxyl groups is 1. The van der Waals surface area contributed by atoms with Crippen molar-refractivity contribution < 1.29 is 5.11 Å². The molecular weight excluding hydrogens is 264 g/mol. The number of rotatable bonds is 2. The Kier molecular flexibility index (Phi) is 3.83. The van der Waals surface area contributed by atoms with Crippen molar-refractivity contribution in [3.8, 4) is 6.07 Å². The molecule has 3 rings (SSSR count). The minimum absolute atomic E-state index is 0.175. The minimum Gasteiger partial charge on any atom is -0.397 e. The number of nitriles is 1. The van der Waals surface area contributed by atoms with Gasteiger partial charge in [-0.1, -0.05) is 0 Å². The fourth-order valence-electron chi connectivity index (χ4n) is 3.67. The third-order valence-corrected chi connectivity index (χ3v) is 5.01. The van der Waals surface area contributed by atoms with Crippen LogP contribution in [0.15, 0.2) is 18.3 Å². The summed E-state index contributed by atoms with van der Waals surface area (Å²) in [5.74, 6) is 0. The molecule has 1 unspecified atom stereocenters. The summed E-state index contributed by atoms with van der Waals surface area (Å²) in [6.07, 6.45) is 5.98. The summed E-state index contributed by atoms with van der Waals surface area (Å²) in [5.41, 5.74) is 6.69. The number of likely N-dealkylation sites (tertiary alicyclic amines) is 1. The van der Waals surface area contributed by atoms with Crippen molar-refractivity contribution in [2.75, 3.05) is 18.8 Å². The van der Waals surface area contributed by atoms with Gasteiger partial charge in [0.1, 0.15) is 0 Å². The van der Waals surface area contributed by atoms with Gasteiger partial charge in [0, 0.05) is 19.1 Å². The first-order valence-electron chi connectivity index (χ1n) is 7.68. The molecule has 112 valence electrons. The summed E-state index contributed by atoms with van der Waals surface area (Å²) < 4.78 is 0. The molecule has 2 heterocycles. The number of aromatic nitrogens is 1. The molecule has 5 nitrogen and oxygen atoms in total. The van der Waals surface area contributed by atoms with E-state index in [0.29, 0.717) is 11.7 Å². The molecule has 0 aromatic carbocycles. The van der Waals surface area contributed by atoms with E-state index >= 15 is 0 Å². The van der Waals surface area contributed by atoms with Gasteiger partial charge in [0.25, 0.3) is 0 Å². The number of hydrogen-bond acceptors (Lipinski definition) is 5.